The van der Waals surface area contributed by atoms with E-state index in [1.54, 1.807) is 31.4 Å². The molecule has 0 atom stereocenters. The molecule has 1 amide bonds. The molecule has 22 heavy (non-hydrogen) atoms. The number of hydrogen-bond acceptors (Lipinski definition) is 4. The first-order valence-electron chi connectivity index (χ1n) is 7.69. The molecule has 0 heterocycles. The van der Waals surface area contributed by atoms with Crippen LogP contribution in [0.15, 0.2) is 29.3 Å². The molecule has 1 aromatic carbocycles. The lowest BCUT2D eigenvalue weighted by atomic mass is 10.1. The highest BCUT2D eigenvalue weighted by Gasteiger charge is 2.10. The standard InChI is InChI=1S/C17H26N2O3/c1-5-11-22-17(18-10-9-13(2)3)19-16(20)14-7-6-8-15(12-14)21-4/h6-8,12-13H,5,9-11H2,1-4H3,(H,18,19,20). The fourth-order valence-corrected chi connectivity index (χ4v) is 1.68. The zero-order chi connectivity index (χ0) is 16.4. The van der Waals surface area contributed by atoms with E-state index >= 15 is 0 Å². The number of rotatable bonds is 7. The third-order valence-electron chi connectivity index (χ3n) is 2.96. The third-order valence-corrected chi connectivity index (χ3v) is 2.96. The summed E-state index contributed by atoms with van der Waals surface area (Å²) in [6.07, 6.45) is 1.81. The van der Waals surface area contributed by atoms with Gasteiger partial charge in [-0.3, -0.25) is 10.1 Å². The van der Waals surface area contributed by atoms with Gasteiger partial charge in [-0.25, -0.2) is 4.99 Å². The van der Waals surface area contributed by atoms with Crippen molar-refractivity contribution >= 4 is 11.9 Å². The van der Waals surface area contributed by atoms with Gasteiger partial charge >= 0.3 is 0 Å². The van der Waals surface area contributed by atoms with Gasteiger partial charge in [-0.05, 0) is 37.0 Å². The molecule has 0 radical (unpaired) electrons. The molecule has 0 saturated heterocycles. The van der Waals surface area contributed by atoms with Gasteiger partial charge in [0.15, 0.2) is 0 Å². The van der Waals surface area contributed by atoms with Gasteiger partial charge in [-0.15, -0.1) is 0 Å². The number of aliphatic imine (C=N–C) groups is 1. The van der Waals surface area contributed by atoms with Crippen molar-refractivity contribution in [3.63, 3.8) is 0 Å². The Kier molecular flexibility index (Phi) is 8.04. The number of hydrogen-bond donors (Lipinski definition) is 1. The molecule has 5 nitrogen and oxygen atoms in total. The molecule has 122 valence electrons. The number of nitrogens with one attached hydrogen (secondary N) is 1. The highest BCUT2D eigenvalue weighted by atomic mass is 16.5. The lowest BCUT2D eigenvalue weighted by Gasteiger charge is -2.11. The number of carbonyl (C=O) groups is 1. The van der Waals surface area contributed by atoms with Gasteiger partial charge in [0.2, 0.25) is 0 Å². The van der Waals surface area contributed by atoms with Crippen molar-refractivity contribution in [2.45, 2.75) is 33.6 Å². The van der Waals surface area contributed by atoms with Gasteiger partial charge in [0.1, 0.15) is 5.75 Å². The third kappa shape index (κ3) is 6.61. The molecule has 1 rings (SSSR count). The lowest BCUT2D eigenvalue weighted by molar-refractivity contribution is 0.0965. The van der Waals surface area contributed by atoms with Gasteiger partial charge in [-0.1, -0.05) is 26.8 Å². The molecule has 0 aliphatic rings. The predicted octanol–water partition coefficient (Wildman–Crippen LogP) is 3.25. The van der Waals surface area contributed by atoms with Gasteiger partial charge in [0.25, 0.3) is 11.9 Å². The molecule has 0 aromatic heterocycles. The molecule has 1 aromatic rings. The SMILES string of the molecule is CCCOC(=NCCC(C)C)NC(=O)c1cccc(OC)c1. The van der Waals surface area contributed by atoms with Crippen LogP contribution in [-0.4, -0.2) is 32.2 Å². The highest BCUT2D eigenvalue weighted by molar-refractivity contribution is 6.04. The summed E-state index contributed by atoms with van der Waals surface area (Å²) in [6, 6.07) is 7.26. The molecule has 5 heteroatoms. The normalized spacial score (nSPS) is 11.4. The zero-order valence-corrected chi connectivity index (χ0v) is 13.9. The van der Waals surface area contributed by atoms with Crippen LogP contribution in [0.1, 0.15) is 44.0 Å². The largest absolute Gasteiger partial charge is 0.497 e. The van der Waals surface area contributed by atoms with Crippen LogP contribution in [0.4, 0.5) is 0 Å². The summed E-state index contributed by atoms with van der Waals surface area (Å²) in [6.45, 7) is 7.44. The van der Waals surface area contributed by atoms with E-state index in [9.17, 15) is 4.79 Å². The summed E-state index contributed by atoms with van der Waals surface area (Å²) >= 11 is 0. The molecule has 0 unspecified atom stereocenters. The van der Waals surface area contributed by atoms with Crippen LogP contribution >= 0.6 is 0 Å². The van der Waals surface area contributed by atoms with Gasteiger partial charge < -0.3 is 9.47 Å². The van der Waals surface area contributed by atoms with Crippen LogP contribution < -0.4 is 10.1 Å². The number of nitrogens with zero attached hydrogens (tertiary/aromatic N) is 1. The molecule has 0 aliphatic carbocycles. The maximum atomic E-state index is 12.3. The zero-order valence-electron chi connectivity index (χ0n) is 13.9. The smallest absolute Gasteiger partial charge is 0.291 e. The Balaban J connectivity index is 2.72. The Morgan fingerprint density at radius 3 is 2.77 bits per heavy atom. The molecule has 0 spiro atoms. The topological polar surface area (TPSA) is 59.9 Å². The summed E-state index contributed by atoms with van der Waals surface area (Å²) in [5.41, 5.74) is 0.510. The minimum absolute atomic E-state index is 0.252. The maximum absolute atomic E-state index is 12.3. The van der Waals surface area contributed by atoms with Gasteiger partial charge in [0.05, 0.1) is 13.7 Å². The Hall–Kier alpha value is -2.04. The second-order valence-electron chi connectivity index (χ2n) is 5.40. The fourth-order valence-electron chi connectivity index (χ4n) is 1.68. The fraction of sp³-hybridized carbons (Fsp3) is 0.529. The minimum atomic E-state index is -0.252. The van der Waals surface area contributed by atoms with Crippen molar-refractivity contribution in [3.8, 4) is 5.75 Å². The van der Waals surface area contributed by atoms with E-state index in [4.69, 9.17) is 9.47 Å². The number of ether oxygens (including phenoxy) is 2. The molecular formula is C17H26N2O3. The van der Waals surface area contributed by atoms with Crippen LogP contribution in [0.2, 0.25) is 0 Å². The Bertz CT molecular complexity index is 498. The monoisotopic (exact) mass is 306 g/mol. The number of methoxy groups -OCH3 is 1. The maximum Gasteiger partial charge on any atom is 0.291 e. The summed E-state index contributed by atoms with van der Waals surface area (Å²) in [5.74, 6) is 0.948. The number of amidine groups is 1. The van der Waals surface area contributed by atoms with E-state index in [1.807, 2.05) is 6.92 Å². The van der Waals surface area contributed by atoms with E-state index in [2.05, 4.69) is 24.2 Å². The summed E-state index contributed by atoms with van der Waals surface area (Å²) < 4.78 is 10.6. The Labute approximate surface area is 132 Å². The second-order valence-corrected chi connectivity index (χ2v) is 5.40. The van der Waals surface area contributed by atoms with Crippen molar-refractivity contribution in [2.24, 2.45) is 10.9 Å². The first kappa shape index (κ1) is 18.0. The van der Waals surface area contributed by atoms with Crippen LogP contribution in [0.3, 0.4) is 0 Å². The van der Waals surface area contributed by atoms with Crippen LogP contribution in [-0.2, 0) is 4.74 Å². The van der Waals surface area contributed by atoms with E-state index in [-0.39, 0.29) is 11.9 Å². The van der Waals surface area contributed by atoms with Gasteiger partial charge in [0, 0.05) is 12.1 Å². The van der Waals surface area contributed by atoms with Crippen molar-refractivity contribution in [1.82, 2.24) is 5.32 Å². The molecule has 0 bridgehead atoms. The Morgan fingerprint density at radius 2 is 2.14 bits per heavy atom. The van der Waals surface area contributed by atoms with E-state index in [0.29, 0.717) is 30.4 Å². The Morgan fingerprint density at radius 1 is 1.36 bits per heavy atom. The van der Waals surface area contributed by atoms with Crippen LogP contribution in [0.25, 0.3) is 0 Å². The first-order chi connectivity index (χ1) is 10.6. The second kappa shape index (κ2) is 9.82. The van der Waals surface area contributed by atoms with Crippen molar-refractivity contribution < 1.29 is 14.3 Å². The molecule has 0 saturated carbocycles. The summed E-state index contributed by atoms with van der Waals surface area (Å²) in [5, 5.41) is 2.73. The van der Waals surface area contributed by atoms with Crippen molar-refractivity contribution in [3.05, 3.63) is 29.8 Å². The number of benzene rings is 1. The quantitative estimate of drug-likeness (QED) is 0.621. The summed E-state index contributed by atoms with van der Waals surface area (Å²) in [7, 11) is 1.57. The molecular weight excluding hydrogens is 280 g/mol. The number of carbonyl (C=O) groups excluding carboxylic acids is 1. The first-order valence-corrected chi connectivity index (χ1v) is 7.69. The highest BCUT2D eigenvalue weighted by Crippen LogP contribution is 2.12. The predicted molar refractivity (Wildman–Crippen MR) is 88.5 cm³/mol. The van der Waals surface area contributed by atoms with Crippen molar-refractivity contribution in [1.29, 1.82) is 0 Å². The minimum Gasteiger partial charge on any atom is -0.497 e. The summed E-state index contributed by atoms with van der Waals surface area (Å²) in [4.78, 5) is 16.6. The number of amides is 1. The molecule has 1 N–H and O–H groups in total. The van der Waals surface area contributed by atoms with Crippen LogP contribution in [0, 0.1) is 5.92 Å². The van der Waals surface area contributed by atoms with E-state index in [0.717, 1.165) is 12.8 Å². The van der Waals surface area contributed by atoms with Gasteiger partial charge in [-0.2, -0.15) is 0 Å². The average molecular weight is 306 g/mol. The molecule has 0 aliphatic heterocycles. The van der Waals surface area contributed by atoms with E-state index in [1.165, 1.54) is 0 Å². The van der Waals surface area contributed by atoms with E-state index < -0.39 is 0 Å². The average Bonchev–Trinajstić information content (AvgIpc) is 2.52. The lowest BCUT2D eigenvalue weighted by Crippen LogP contribution is -2.33. The van der Waals surface area contributed by atoms with Crippen molar-refractivity contribution in [2.75, 3.05) is 20.3 Å². The van der Waals surface area contributed by atoms with Crippen LogP contribution in [0.5, 0.6) is 5.75 Å². The molecule has 0 fully saturated rings.